The molecule has 2 aromatic rings. The van der Waals surface area contributed by atoms with Crippen LogP contribution in [0.4, 0.5) is 5.69 Å². The van der Waals surface area contributed by atoms with Crippen molar-refractivity contribution in [3.8, 4) is 17.2 Å². The van der Waals surface area contributed by atoms with E-state index in [0.717, 1.165) is 5.56 Å². The van der Waals surface area contributed by atoms with Gasteiger partial charge in [-0.2, -0.15) is 0 Å². The fraction of sp³-hybridized carbons (Fsp3) is 0.444. The summed E-state index contributed by atoms with van der Waals surface area (Å²) in [5, 5.41) is 21.6. The smallest absolute Gasteiger partial charge is 0.290 e. The molecule has 3 N–H and O–H groups in total. The van der Waals surface area contributed by atoms with Gasteiger partial charge in [0, 0.05) is 25.0 Å². The lowest BCUT2D eigenvalue weighted by atomic mass is 9.81. The number of ether oxygens (including phenoxy) is 6. The Labute approximate surface area is 215 Å². The van der Waals surface area contributed by atoms with E-state index < -0.39 is 12.2 Å². The Morgan fingerprint density at radius 1 is 1.05 bits per heavy atom. The lowest BCUT2D eigenvalue weighted by Gasteiger charge is -2.37. The molecule has 0 spiro atoms. The van der Waals surface area contributed by atoms with E-state index in [1.807, 2.05) is 25.1 Å². The van der Waals surface area contributed by atoms with Crippen molar-refractivity contribution in [1.82, 2.24) is 0 Å². The summed E-state index contributed by atoms with van der Waals surface area (Å²) >= 11 is 0. The second kappa shape index (κ2) is 13.3. The SMILES string of the molecule is CCOC1OC(C(=O)Nc2ccccc2O)=CC(c2ccc3c(c2)OCO3)C1CCOCCOCCO. The Kier molecular flexibility index (Phi) is 9.61. The summed E-state index contributed by atoms with van der Waals surface area (Å²) in [5.41, 5.74) is 1.20. The quantitative estimate of drug-likeness (QED) is 0.272. The number of rotatable bonds is 13. The fourth-order valence-corrected chi connectivity index (χ4v) is 4.31. The summed E-state index contributed by atoms with van der Waals surface area (Å²) in [7, 11) is 0. The molecule has 4 rings (SSSR count). The molecule has 200 valence electrons. The number of carbonyl (C=O) groups is 1. The molecule has 2 aliphatic heterocycles. The maximum Gasteiger partial charge on any atom is 0.290 e. The monoisotopic (exact) mass is 515 g/mol. The van der Waals surface area contributed by atoms with Crippen LogP contribution in [0.5, 0.6) is 17.2 Å². The van der Waals surface area contributed by atoms with Crippen molar-refractivity contribution in [2.24, 2.45) is 5.92 Å². The topological polar surface area (TPSA) is 125 Å². The number of nitrogens with one attached hydrogen (secondary N) is 1. The number of carbonyl (C=O) groups excluding carboxylic acids is 1. The van der Waals surface area contributed by atoms with Crippen LogP contribution in [0.15, 0.2) is 54.3 Å². The molecule has 1 amide bonds. The molecular weight excluding hydrogens is 482 g/mol. The minimum atomic E-state index is -0.704. The highest BCUT2D eigenvalue weighted by atomic mass is 16.7. The van der Waals surface area contributed by atoms with Crippen LogP contribution >= 0.6 is 0 Å². The van der Waals surface area contributed by atoms with Crippen LogP contribution < -0.4 is 14.8 Å². The first-order valence-electron chi connectivity index (χ1n) is 12.4. The lowest BCUT2D eigenvalue weighted by molar-refractivity contribution is -0.166. The Balaban J connectivity index is 1.56. The standard InChI is InChI=1S/C27H33NO9/c1-2-34-27-19(9-11-32-13-14-33-12-10-29)20(18-7-8-23-24(15-18)36-17-35-23)16-25(37-27)26(31)28-21-5-3-4-6-22(21)30/h3-8,15-16,19-20,27,29-30H,2,9-14,17H2,1H3,(H,28,31). The van der Waals surface area contributed by atoms with E-state index in [9.17, 15) is 9.90 Å². The molecule has 0 aromatic heterocycles. The van der Waals surface area contributed by atoms with E-state index in [1.54, 1.807) is 24.3 Å². The van der Waals surface area contributed by atoms with Gasteiger partial charge in [0.2, 0.25) is 13.1 Å². The van der Waals surface area contributed by atoms with E-state index in [0.29, 0.717) is 44.3 Å². The second-order valence-electron chi connectivity index (χ2n) is 8.48. The summed E-state index contributed by atoms with van der Waals surface area (Å²) in [6.07, 6.45) is 1.66. The lowest BCUT2D eigenvalue weighted by Crippen LogP contribution is -2.38. The summed E-state index contributed by atoms with van der Waals surface area (Å²) in [5.74, 6) is 0.452. The van der Waals surface area contributed by atoms with Crippen molar-refractivity contribution in [3.05, 3.63) is 59.9 Å². The molecule has 3 atom stereocenters. The van der Waals surface area contributed by atoms with Crippen molar-refractivity contribution in [1.29, 1.82) is 0 Å². The van der Waals surface area contributed by atoms with Crippen LogP contribution in [-0.4, -0.2) is 68.8 Å². The second-order valence-corrected chi connectivity index (χ2v) is 8.48. The maximum atomic E-state index is 13.2. The van der Waals surface area contributed by atoms with Crippen LogP contribution in [0.25, 0.3) is 0 Å². The number of anilines is 1. The Hall–Kier alpha value is -3.31. The number of hydrogen-bond acceptors (Lipinski definition) is 9. The first-order valence-corrected chi connectivity index (χ1v) is 12.4. The number of aliphatic hydroxyl groups is 1. The maximum absolute atomic E-state index is 13.2. The summed E-state index contributed by atoms with van der Waals surface area (Å²) < 4.78 is 34.0. The van der Waals surface area contributed by atoms with Gasteiger partial charge in [0.1, 0.15) is 5.75 Å². The number of allylic oxidation sites excluding steroid dienone is 1. The highest BCUT2D eigenvalue weighted by molar-refractivity contribution is 6.03. The van der Waals surface area contributed by atoms with Crippen molar-refractivity contribution >= 4 is 11.6 Å². The number of aliphatic hydroxyl groups excluding tert-OH is 1. The Morgan fingerprint density at radius 3 is 2.62 bits per heavy atom. The van der Waals surface area contributed by atoms with Gasteiger partial charge in [-0.25, -0.2) is 0 Å². The molecule has 0 saturated heterocycles. The minimum absolute atomic E-state index is 0.0290. The van der Waals surface area contributed by atoms with Crippen LogP contribution in [0.3, 0.4) is 0 Å². The minimum Gasteiger partial charge on any atom is -0.506 e. The fourth-order valence-electron chi connectivity index (χ4n) is 4.31. The van der Waals surface area contributed by atoms with Gasteiger partial charge in [-0.05, 0) is 49.2 Å². The number of benzene rings is 2. The number of fused-ring (bicyclic) bond motifs is 1. The molecule has 2 heterocycles. The number of hydrogen-bond donors (Lipinski definition) is 3. The zero-order chi connectivity index (χ0) is 26.0. The van der Waals surface area contributed by atoms with Crippen molar-refractivity contribution in [2.75, 3.05) is 51.8 Å². The van der Waals surface area contributed by atoms with Crippen molar-refractivity contribution in [3.63, 3.8) is 0 Å². The molecule has 0 fully saturated rings. The third-order valence-corrected chi connectivity index (χ3v) is 6.08. The molecule has 10 nitrogen and oxygen atoms in total. The van der Waals surface area contributed by atoms with Gasteiger partial charge in [0.15, 0.2) is 17.3 Å². The summed E-state index contributed by atoms with van der Waals surface area (Å²) in [4.78, 5) is 13.2. The van der Waals surface area contributed by atoms with Crippen molar-refractivity contribution < 1.29 is 43.4 Å². The van der Waals surface area contributed by atoms with Crippen LogP contribution in [0.1, 0.15) is 24.8 Å². The number of aromatic hydroxyl groups is 1. The van der Waals surface area contributed by atoms with E-state index in [-0.39, 0.29) is 49.0 Å². The summed E-state index contributed by atoms with van der Waals surface area (Å²) in [6, 6.07) is 12.2. The molecular formula is C27H33NO9. The molecule has 10 heteroatoms. The highest BCUT2D eigenvalue weighted by Gasteiger charge is 2.38. The van der Waals surface area contributed by atoms with E-state index in [1.165, 1.54) is 6.07 Å². The molecule has 3 unspecified atom stereocenters. The van der Waals surface area contributed by atoms with E-state index >= 15 is 0 Å². The number of amides is 1. The number of phenols is 1. The van der Waals surface area contributed by atoms with Crippen molar-refractivity contribution in [2.45, 2.75) is 25.6 Å². The highest BCUT2D eigenvalue weighted by Crippen LogP contribution is 2.42. The number of para-hydroxylation sites is 2. The van der Waals surface area contributed by atoms with Crippen LogP contribution in [0.2, 0.25) is 0 Å². The van der Waals surface area contributed by atoms with E-state index in [2.05, 4.69) is 5.32 Å². The van der Waals surface area contributed by atoms with Gasteiger partial charge in [-0.1, -0.05) is 18.2 Å². The first-order chi connectivity index (χ1) is 18.1. The molecule has 0 aliphatic carbocycles. The third kappa shape index (κ3) is 6.92. The molecule has 2 aromatic carbocycles. The molecule has 0 saturated carbocycles. The van der Waals surface area contributed by atoms with Gasteiger partial charge in [-0.3, -0.25) is 4.79 Å². The van der Waals surface area contributed by atoms with Gasteiger partial charge in [0.25, 0.3) is 5.91 Å². The van der Waals surface area contributed by atoms with Crippen LogP contribution in [0, 0.1) is 5.92 Å². The third-order valence-electron chi connectivity index (χ3n) is 6.08. The Bertz CT molecular complexity index is 1070. The molecule has 2 aliphatic rings. The average Bonchev–Trinajstić information content (AvgIpc) is 3.38. The number of phenolic OH excluding ortho intramolecular Hbond substituents is 1. The molecule has 0 bridgehead atoms. The van der Waals surface area contributed by atoms with E-state index in [4.69, 9.17) is 33.5 Å². The normalized spacial score (nSPS) is 20.3. The van der Waals surface area contributed by atoms with Gasteiger partial charge >= 0.3 is 0 Å². The van der Waals surface area contributed by atoms with Gasteiger partial charge in [0.05, 0.1) is 32.1 Å². The van der Waals surface area contributed by atoms with Gasteiger partial charge < -0.3 is 44.0 Å². The summed E-state index contributed by atoms with van der Waals surface area (Å²) in [6.45, 7) is 3.87. The average molecular weight is 516 g/mol. The predicted octanol–water partition coefficient (Wildman–Crippen LogP) is 3.15. The largest absolute Gasteiger partial charge is 0.506 e. The first kappa shape index (κ1) is 26.7. The van der Waals surface area contributed by atoms with Gasteiger partial charge in [-0.15, -0.1) is 0 Å². The molecule has 37 heavy (non-hydrogen) atoms. The molecule has 0 radical (unpaired) electrons. The predicted molar refractivity (Wildman–Crippen MR) is 133 cm³/mol. The van der Waals surface area contributed by atoms with Crippen LogP contribution in [-0.2, 0) is 23.7 Å². The zero-order valence-electron chi connectivity index (χ0n) is 20.8. The zero-order valence-corrected chi connectivity index (χ0v) is 20.8. The Morgan fingerprint density at radius 2 is 1.84 bits per heavy atom.